The maximum Gasteiger partial charge on any atom is 0.243 e. The largest absolute Gasteiger partial charge is 0.380 e. The average molecular weight is 747 g/mol. The van der Waals surface area contributed by atoms with Gasteiger partial charge in [-0.15, -0.1) is 0 Å². The molecule has 1 fully saturated rings. The first-order valence-electron chi connectivity index (χ1n) is 19.2. The molecule has 1 aliphatic rings. The second-order valence-electron chi connectivity index (χ2n) is 14.6. The van der Waals surface area contributed by atoms with E-state index in [1.54, 1.807) is 28.8 Å². The Labute approximate surface area is 321 Å². The minimum absolute atomic E-state index is 0.185. The van der Waals surface area contributed by atoms with Gasteiger partial charge in [0.25, 0.3) is 0 Å². The summed E-state index contributed by atoms with van der Waals surface area (Å²) in [5.74, 6) is 1.15. The van der Waals surface area contributed by atoms with Gasteiger partial charge in [-0.1, -0.05) is 74.0 Å². The summed E-state index contributed by atoms with van der Waals surface area (Å²) in [6, 6.07) is 23.5. The Bertz CT molecular complexity index is 2150. The Hall–Kier alpha value is -4.48. The number of rotatable bonds is 17. The van der Waals surface area contributed by atoms with E-state index in [2.05, 4.69) is 76.6 Å². The number of benzene rings is 2. The molecule has 3 aromatic heterocycles. The summed E-state index contributed by atoms with van der Waals surface area (Å²) in [6.45, 7) is 15.0. The van der Waals surface area contributed by atoms with Crippen LogP contribution < -0.4 is 0 Å². The lowest BCUT2D eigenvalue weighted by Crippen LogP contribution is -2.43. The smallest absolute Gasteiger partial charge is 0.243 e. The molecule has 1 saturated heterocycles. The molecule has 9 nitrogen and oxygen atoms in total. The number of pyridine rings is 2. The number of aryl methyl sites for hydroxylation is 2. The molecule has 54 heavy (non-hydrogen) atoms. The van der Waals surface area contributed by atoms with Crippen molar-refractivity contribution in [3.63, 3.8) is 0 Å². The maximum atomic E-state index is 14.5. The van der Waals surface area contributed by atoms with Gasteiger partial charge in [-0.25, -0.2) is 18.4 Å². The zero-order chi connectivity index (χ0) is 38.1. The molecule has 0 radical (unpaired) electrons. The van der Waals surface area contributed by atoms with Crippen LogP contribution in [0.25, 0.3) is 22.7 Å². The lowest BCUT2D eigenvalue weighted by molar-refractivity contribution is 0.0918. The van der Waals surface area contributed by atoms with Gasteiger partial charge in [0.2, 0.25) is 10.0 Å². The van der Waals surface area contributed by atoms with Crippen LogP contribution in [0.5, 0.6) is 0 Å². The first kappa shape index (κ1) is 39.2. The molecule has 0 N–H and O–H groups in total. The van der Waals surface area contributed by atoms with Gasteiger partial charge in [0.1, 0.15) is 11.3 Å². The Balaban J connectivity index is 1.26. The van der Waals surface area contributed by atoms with Crippen LogP contribution in [-0.4, -0.2) is 82.6 Å². The minimum Gasteiger partial charge on any atom is -0.380 e. The number of sulfonamides is 1. The fourth-order valence-corrected chi connectivity index (χ4v) is 8.73. The number of likely N-dealkylation sites (tertiary alicyclic amines) is 1. The third-order valence-corrected chi connectivity index (χ3v) is 11.9. The Kier molecular flexibility index (Phi) is 13.2. The third-order valence-electron chi connectivity index (χ3n) is 10.0. The summed E-state index contributed by atoms with van der Waals surface area (Å²) in [6.07, 6.45) is 12.8. The minimum atomic E-state index is -3.89. The highest BCUT2D eigenvalue weighted by molar-refractivity contribution is 7.89. The van der Waals surface area contributed by atoms with Crippen molar-refractivity contribution in [1.29, 1.82) is 0 Å². The number of fused-ring (bicyclic) bond motifs is 1. The fourth-order valence-electron chi connectivity index (χ4n) is 7.16. The Morgan fingerprint density at radius 3 is 2.44 bits per heavy atom. The summed E-state index contributed by atoms with van der Waals surface area (Å²) in [7, 11) is -3.89. The molecular formula is C44H54N6O3S. The molecule has 0 bridgehead atoms. The molecular weight excluding hydrogens is 693 g/mol. The van der Waals surface area contributed by atoms with Crippen LogP contribution in [0.3, 0.4) is 0 Å². The van der Waals surface area contributed by atoms with Crippen molar-refractivity contribution in [2.75, 3.05) is 39.4 Å². The number of hydrogen-bond donors (Lipinski definition) is 0. The number of aromatic nitrogens is 4. The monoisotopic (exact) mass is 746 g/mol. The van der Waals surface area contributed by atoms with E-state index in [1.807, 2.05) is 56.3 Å². The summed E-state index contributed by atoms with van der Waals surface area (Å²) < 4.78 is 38.6. The summed E-state index contributed by atoms with van der Waals surface area (Å²) >= 11 is 0. The van der Waals surface area contributed by atoms with E-state index in [1.165, 1.54) is 18.4 Å². The van der Waals surface area contributed by atoms with Crippen molar-refractivity contribution in [2.45, 2.75) is 71.4 Å². The van der Waals surface area contributed by atoms with Crippen molar-refractivity contribution in [3.8, 4) is 0 Å². The zero-order valence-corrected chi connectivity index (χ0v) is 33.2. The molecule has 1 atom stereocenters. The van der Waals surface area contributed by atoms with Gasteiger partial charge >= 0.3 is 0 Å². The second kappa shape index (κ2) is 18.2. The van der Waals surface area contributed by atoms with Crippen LogP contribution in [0.2, 0.25) is 0 Å². The van der Waals surface area contributed by atoms with E-state index in [-0.39, 0.29) is 23.4 Å². The predicted octanol–water partition coefficient (Wildman–Crippen LogP) is 8.17. The van der Waals surface area contributed by atoms with Crippen molar-refractivity contribution in [3.05, 3.63) is 131 Å². The standard InChI is InChI=1S/C44H54N6O3S/c1-6-53-32-39(29-33(2)3)50(54(51,52)40-20-16-36(17-21-40)31-49-35(5)46-43-30-45-24-22-44(43)49)27-10-12-38-11-9-13-42(47-38)41(23-28-48-25-7-8-26-48)37-18-14-34(4)15-19-37/h9-24,30,33,39H,6-8,25-29,31-32H2,1-5H3/b12-10+,41-23+/t39-/m0/s1. The second-order valence-corrected chi connectivity index (χ2v) is 16.5. The lowest BCUT2D eigenvalue weighted by Gasteiger charge is -2.31. The summed E-state index contributed by atoms with van der Waals surface area (Å²) in [5, 5.41) is 0. The highest BCUT2D eigenvalue weighted by atomic mass is 32.2. The van der Waals surface area contributed by atoms with Gasteiger partial charge in [-0.3, -0.25) is 9.88 Å². The SMILES string of the molecule is CCOC[C@H](CC(C)C)N(C/C=C/c1cccc(/C(=C/CN2CCCC2)c2ccc(C)cc2)n1)S(=O)(=O)c1ccc(Cn2c(C)nc3cnccc32)cc1. The zero-order valence-electron chi connectivity index (χ0n) is 32.4. The van der Waals surface area contributed by atoms with Crippen molar-refractivity contribution < 1.29 is 13.2 Å². The molecule has 0 aliphatic carbocycles. The van der Waals surface area contributed by atoms with E-state index in [9.17, 15) is 8.42 Å². The van der Waals surface area contributed by atoms with Crippen LogP contribution in [-0.2, 0) is 21.3 Å². The first-order valence-corrected chi connectivity index (χ1v) is 20.6. The van der Waals surface area contributed by atoms with Gasteiger partial charge in [0.05, 0.1) is 34.6 Å². The molecule has 2 aromatic carbocycles. The number of imidazole rings is 1. The van der Waals surface area contributed by atoms with Gasteiger partial charge < -0.3 is 9.30 Å². The molecule has 10 heteroatoms. The summed E-state index contributed by atoms with van der Waals surface area (Å²) in [4.78, 5) is 16.6. The normalized spacial score (nSPS) is 15.0. The van der Waals surface area contributed by atoms with E-state index in [0.29, 0.717) is 26.2 Å². The van der Waals surface area contributed by atoms with E-state index in [4.69, 9.17) is 9.72 Å². The molecule has 0 spiro atoms. The quantitative estimate of drug-likeness (QED) is 0.0948. The number of ether oxygens (including phenoxy) is 1. The number of hydrogen-bond acceptors (Lipinski definition) is 7. The molecule has 1 aliphatic heterocycles. The molecule has 0 amide bonds. The summed E-state index contributed by atoms with van der Waals surface area (Å²) in [5.41, 5.74) is 7.94. The Morgan fingerprint density at radius 2 is 1.72 bits per heavy atom. The van der Waals surface area contributed by atoms with Gasteiger partial charge in [0.15, 0.2) is 0 Å². The van der Waals surface area contributed by atoms with E-state index < -0.39 is 10.0 Å². The van der Waals surface area contributed by atoms with Crippen LogP contribution in [0.15, 0.2) is 102 Å². The number of nitrogens with zero attached hydrogens (tertiary/aromatic N) is 6. The molecule has 5 aromatic rings. The maximum absolute atomic E-state index is 14.5. The van der Waals surface area contributed by atoms with Crippen molar-refractivity contribution >= 4 is 32.7 Å². The lowest BCUT2D eigenvalue weighted by atomic mass is 10.00. The molecule has 0 unspecified atom stereocenters. The Morgan fingerprint density at radius 1 is 0.963 bits per heavy atom. The van der Waals surface area contributed by atoms with E-state index >= 15 is 0 Å². The highest BCUT2D eigenvalue weighted by Crippen LogP contribution is 2.26. The van der Waals surface area contributed by atoms with Crippen LogP contribution in [0.4, 0.5) is 0 Å². The van der Waals surface area contributed by atoms with Gasteiger partial charge in [-0.05, 0) is 107 Å². The van der Waals surface area contributed by atoms with E-state index in [0.717, 1.165) is 64.6 Å². The highest BCUT2D eigenvalue weighted by Gasteiger charge is 2.31. The first-order chi connectivity index (χ1) is 26.1. The topological polar surface area (TPSA) is 93.5 Å². The molecule has 284 valence electrons. The predicted molar refractivity (Wildman–Crippen MR) is 219 cm³/mol. The van der Waals surface area contributed by atoms with Gasteiger partial charge in [-0.2, -0.15) is 4.31 Å². The average Bonchev–Trinajstić information content (AvgIpc) is 3.80. The third kappa shape index (κ3) is 9.78. The van der Waals surface area contributed by atoms with Crippen LogP contribution in [0, 0.1) is 19.8 Å². The molecule has 0 saturated carbocycles. The van der Waals surface area contributed by atoms with Crippen LogP contribution in [0.1, 0.15) is 73.9 Å². The molecule has 4 heterocycles. The molecule has 6 rings (SSSR count). The fraction of sp³-hybridized carbons (Fsp3) is 0.386. The van der Waals surface area contributed by atoms with Crippen molar-refractivity contribution in [1.82, 2.24) is 28.7 Å². The van der Waals surface area contributed by atoms with Gasteiger partial charge in [0, 0.05) is 44.1 Å². The van der Waals surface area contributed by atoms with Crippen LogP contribution >= 0.6 is 0 Å². The van der Waals surface area contributed by atoms with Crippen molar-refractivity contribution in [2.24, 2.45) is 5.92 Å².